The van der Waals surface area contributed by atoms with Crippen LogP contribution in [-0.4, -0.2) is 240 Å². The number of Topliss-reactive ketones (excluding diaryl/α,β-unsaturated/α-hetero) is 2. The molecule has 0 unspecified atom stereocenters. The Morgan fingerprint density at radius 1 is 0.519 bits per heavy atom. The Balaban J connectivity index is 0.000000150. The molecule has 0 radical (unpaired) electrons. The van der Waals surface area contributed by atoms with Gasteiger partial charge >= 0.3 is 11.9 Å². The maximum atomic E-state index is 13.9. The highest BCUT2D eigenvalue weighted by atomic mass is 79.9. The summed E-state index contributed by atoms with van der Waals surface area (Å²) in [4.78, 5) is 167. The molecule has 5 fully saturated rings. The summed E-state index contributed by atoms with van der Waals surface area (Å²) in [5.41, 5.74) is 9.14. The van der Waals surface area contributed by atoms with Crippen LogP contribution in [0.2, 0.25) is 15.1 Å². The van der Waals surface area contributed by atoms with Crippen LogP contribution < -0.4 is 20.3 Å². The standard InChI is InChI=1S/C29H32BrN5O3.C28H29ClN4O4.C22H25BrN2O4.C18H17Cl2N3O4/c1-4-27(37)34-16-21(17-34)13-23(36)18-35-20(3)28(24-14-22(30)6-7-25(24)35)29(38)33-11-9-32(10-12-33)26-8-5-19(2)15-31-26;1-4-26(35)32-14-20(15-32)30-25(34)16-33-17(2)27(22-12-19(29)8-9-23(22)33)28(36)31-11-10-21-18(13-31)6-5-7-24(21)37-3;1-5-20(27)25-10-14(11-25)8-16(26)12-24-13-18(21(28)29-22(2,3)4)17-9-15(23)6-7-19(17)24;1-3-16(25)22-7-10(8-22)21-15(24)9-23-13-5-4-12(19)17(20)11(13)6-14(23)18(26)27-2/h4-8,14-15,21H,1,9-13,16-18H2,2-3H3;4-9,12,20H,1,10-11,13-16H2,2-3H3,(H,30,34);5-7,9,13-14H,1,8,10-12H2,2-4H3;3-6,10H,1,7-9H2,2H3,(H,21,24). The van der Waals surface area contributed by atoms with E-state index in [0.717, 1.165) is 75.6 Å². The van der Waals surface area contributed by atoms with E-state index < -0.39 is 17.5 Å². The lowest BCUT2D eigenvalue weighted by Crippen LogP contribution is -2.61. The SMILES string of the molecule is C=CC(=O)N1CC(CC(=O)Cn2c(C)c(C(=O)N3CCN(c4ccc(C)cn4)CC3)c3cc(Br)ccc32)C1.C=CC(=O)N1CC(CC(=O)Cn2cc(C(=O)OC(C)(C)C)c3cc(Br)ccc32)C1.C=CC(=O)N1CC(NC(=O)Cn2c(C(=O)OC)cc3c(Cl)c(Cl)ccc32)C1.C=CC(=O)N1CC(NC(=O)Cn2c(C)c(C(=O)N3CCc4c(cccc4OC)C3)c3cc(Cl)ccc32)C1. The van der Waals surface area contributed by atoms with Crippen LogP contribution >= 0.6 is 66.7 Å². The number of halogens is 5. The van der Waals surface area contributed by atoms with Crippen LogP contribution in [0.4, 0.5) is 5.82 Å². The second-order valence-electron chi connectivity index (χ2n) is 34.2. The second kappa shape index (κ2) is 41.5. The summed E-state index contributed by atoms with van der Waals surface area (Å²) in [5.74, 6) is 0.219. The molecule has 10 aromatic rings. The van der Waals surface area contributed by atoms with Crippen molar-refractivity contribution in [2.24, 2.45) is 11.8 Å². The minimum atomic E-state index is -0.605. The molecule has 0 saturated carbocycles. The highest BCUT2D eigenvalue weighted by molar-refractivity contribution is 9.10. The van der Waals surface area contributed by atoms with Crippen molar-refractivity contribution in [2.45, 2.75) is 111 Å². The van der Waals surface area contributed by atoms with Gasteiger partial charge in [-0.25, -0.2) is 14.6 Å². The number of pyridine rings is 1. The number of hydrogen-bond donors (Lipinski definition) is 2. The molecule has 5 aromatic heterocycles. The molecule has 5 saturated heterocycles. The van der Waals surface area contributed by atoms with Gasteiger partial charge in [-0.05, 0) is 168 Å². The fourth-order valence-electron chi connectivity index (χ4n) is 17.3. The fourth-order valence-corrected chi connectivity index (χ4v) is 18.5. The predicted molar refractivity (Wildman–Crippen MR) is 510 cm³/mol. The maximum Gasteiger partial charge on any atom is 0.354 e. The Bertz CT molecular complexity index is 6230. The van der Waals surface area contributed by atoms with E-state index in [2.05, 4.69) is 84.8 Å². The third kappa shape index (κ3) is 22.0. The number of methoxy groups -OCH3 is 2. The van der Waals surface area contributed by atoms with Crippen molar-refractivity contribution in [3.63, 3.8) is 0 Å². The first kappa shape index (κ1) is 96.4. The Hall–Kier alpha value is -12.2. The number of ketones is 2. The molecular formula is C97H103Br2Cl3N14O15. The summed E-state index contributed by atoms with van der Waals surface area (Å²) in [5, 5.41) is 9.88. The van der Waals surface area contributed by atoms with Crippen molar-refractivity contribution in [3.05, 3.63) is 241 Å². The highest BCUT2D eigenvalue weighted by Gasteiger charge is 2.38. The largest absolute Gasteiger partial charge is 0.496 e. The van der Waals surface area contributed by atoms with E-state index in [1.807, 2.05) is 133 Å². The number of hydrogen-bond acceptors (Lipinski definition) is 17. The number of likely N-dealkylation sites (tertiary alicyclic amines) is 4. The lowest BCUT2D eigenvalue weighted by Gasteiger charge is -2.38. The average molecular weight is 1970 g/mol. The van der Waals surface area contributed by atoms with Gasteiger partial charge in [0, 0.05) is 198 Å². The first-order chi connectivity index (χ1) is 62.5. The molecule has 0 bridgehead atoms. The minimum absolute atomic E-state index is 0.00844. The number of esters is 2. The quantitative estimate of drug-likeness (QED) is 0.0419. The fraction of sp³-hybridized carbons (Fsp3) is 0.351. The van der Waals surface area contributed by atoms with Crippen LogP contribution in [0.25, 0.3) is 43.6 Å². The Morgan fingerprint density at radius 2 is 1.02 bits per heavy atom. The van der Waals surface area contributed by atoms with Gasteiger partial charge in [0.05, 0.1) is 71.6 Å². The Labute approximate surface area is 790 Å². The molecule has 11 heterocycles. The number of piperazine rings is 1. The number of nitrogens with zero attached hydrogens (tertiary/aromatic N) is 12. The number of aromatic nitrogens is 5. The third-order valence-corrected chi connectivity index (χ3v) is 26.1. The highest BCUT2D eigenvalue weighted by Crippen LogP contribution is 2.38. The minimum Gasteiger partial charge on any atom is -0.496 e. The van der Waals surface area contributed by atoms with Gasteiger partial charge in [-0.15, -0.1) is 0 Å². The summed E-state index contributed by atoms with van der Waals surface area (Å²) in [6.45, 7) is 33.3. The number of carbonyl (C=O) groups is 12. The van der Waals surface area contributed by atoms with Crippen molar-refractivity contribution in [2.75, 3.05) is 104 Å². The van der Waals surface area contributed by atoms with Crippen molar-refractivity contribution < 1.29 is 71.7 Å². The summed E-state index contributed by atoms with van der Waals surface area (Å²) in [6, 6.07) is 31.5. The normalized spacial score (nSPS) is 15.0. The summed E-state index contributed by atoms with van der Waals surface area (Å²) in [6.07, 6.45) is 10.2. The number of ether oxygens (including phenoxy) is 3. The summed E-state index contributed by atoms with van der Waals surface area (Å²) >= 11 is 25.6. The zero-order chi connectivity index (χ0) is 94.3. The van der Waals surface area contributed by atoms with E-state index in [-0.39, 0.29) is 115 Å². The number of fused-ring (bicyclic) bond motifs is 5. The van der Waals surface area contributed by atoms with Gasteiger partial charge in [0.25, 0.3) is 11.8 Å². The number of aryl methyl sites for hydroxylation is 1. The smallest absolute Gasteiger partial charge is 0.354 e. The van der Waals surface area contributed by atoms with Crippen LogP contribution in [0, 0.1) is 32.6 Å². The molecule has 5 aromatic carbocycles. The van der Waals surface area contributed by atoms with E-state index >= 15 is 0 Å². The zero-order valence-electron chi connectivity index (χ0n) is 74.1. The van der Waals surface area contributed by atoms with Crippen LogP contribution in [0.1, 0.15) is 103 Å². The molecule has 686 valence electrons. The van der Waals surface area contributed by atoms with Crippen LogP contribution in [0.5, 0.6) is 5.75 Å². The van der Waals surface area contributed by atoms with E-state index in [0.29, 0.717) is 159 Å². The molecule has 34 heteroatoms. The third-order valence-electron chi connectivity index (χ3n) is 24.0. The summed E-state index contributed by atoms with van der Waals surface area (Å²) in [7, 11) is 2.92. The monoisotopic (exact) mass is 1970 g/mol. The molecule has 0 aliphatic carbocycles. The number of carbonyl (C=O) groups excluding carboxylic acids is 12. The van der Waals surface area contributed by atoms with E-state index in [1.165, 1.54) is 36.0 Å². The molecule has 0 spiro atoms. The molecule has 2 N–H and O–H groups in total. The number of amides is 8. The van der Waals surface area contributed by atoms with Gasteiger partial charge < -0.3 is 77.4 Å². The Morgan fingerprint density at radius 3 is 1.55 bits per heavy atom. The van der Waals surface area contributed by atoms with Crippen molar-refractivity contribution in [1.82, 2.24) is 63.3 Å². The molecule has 6 aliphatic rings. The molecule has 29 nitrogen and oxygen atoms in total. The van der Waals surface area contributed by atoms with Gasteiger partial charge in [-0.1, -0.05) is 111 Å². The van der Waals surface area contributed by atoms with E-state index in [9.17, 15) is 57.5 Å². The van der Waals surface area contributed by atoms with E-state index in [4.69, 9.17) is 49.0 Å². The van der Waals surface area contributed by atoms with Gasteiger partial charge in [-0.2, -0.15) is 0 Å². The molecule has 6 aliphatic heterocycles. The summed E-state index contributed by atoms with van der Waals surface area (Å²) < 4.78 is 24.7. The number of rotatable bonds is 24. The van der Waals surface area contributed by atoms with E-state index in [1.54, 1.807) is 67.8 Å². The molecular weight excluding hydrogens is 1870 g/mol. The van der Waals surface area contributed by atoms with Crippen LogP contribution in [0.15, 0.2) is 175 Å². The second-order valence-corrected chi connectivity index (χ2v) is 37.3. The van der Waals surface area contributed by atoms with Gasteiger partial charge in [0.15, 0.2) is 11.6 Å². The van der Waals surface area contributed by atoms with Crippen molar-refractivity contribution >= 4 is 187 Å². The number of anilines is 1. The molecule has 131 heavy (non-hydrogen) atoms. The number of nitrogens with one attached hydrogen (secondary N) is 2. The van der Waals surface area contributed by atoms with Crippen LogP contribution in [0.3, 0.4) is 0 Å². The lowest BCUT2D eigenvalue weighted by molar-refractivity contribution is -0.134. The molecule has 16 rings (SSSR count). The lowest BCUT2D eigenvalue weighted by atomic mass is 9.94. The zero-order valence-corrected chi connectivity index (χ0v) is 79.6. The molecule has 8 amide bonds. The molecule has 0 atom stereocenters. The Kier molecular flexibility index (Phi) is 30.6. The number of benzene rings is 5. The van der Waals surface area contributed by atoms with Crippen molar-refractivity contribution in [3.8, 4) is 5.75 Å². The van der Waals surface area contributed by atoms with Gasteiger partial charge in [-0.3, -0.25) is 47.9 Å². The first-order valence-corrected chi connectivity index (χ1v) is 45.5. The average Bonchev–Trinajstić information content (AvgIpc) is 1.60. The van der Waals surface area contributed by atoms with Crippen LogP contribution in [-0.2, 0) is 87.0 Å². The first-order valence-electron chi connectivity index (χ1n) is 42.8. The predicted octanol–water partition coefficient (Wildman–Crippen LogP) is 13.5. The topological polar surface area (TPSA) is 312 Å². The maximum absolute atomic E-state index is 13.9. The van der Waals surface area contributed by atoms with Gasteiger partial charge in [0.1, 0.15) is 36.0 Å². The van der Waals surface area contributed by atoms with Crippen molar-refractivity contribution in [1.29, 1.82) is 0 Å². The van der Waals surface area contributed by atoms with Gasteiger partial charge in [0.2, 0.25) is 35.4 Å².